The fourth-order valence-electron chi connectivity index (χ4n) is 1.96. The fourth-order valence-corrected chi connectivity index (χ4v) is 1.96. The zero-order valence-corrected chi connectivity index (χ0v) is 10.7. The number of carboxylic acid groups (broad SMARTS) is 1. The Balaban J connectivity index is 2.15. The van der Waals surface area contributed by atoms with Crippen molar-refractivity contribution in [3.05, 3.63) is 47.5 Å². The van der Waals surface area contributed by atoms with Crippen molar-refractivity contribution in [2.75, 3.05) is 13.6 Å². The molecule has 1 N–H and O–H groups in total. The van der Waals surface area contributed by atoms with Crippen LogP contribution in [0.15, 0.2) is 36.4 Å². The van der Waals surface area contributed by atoms with E-state index in [1.54, 1.807) is 7.05 Å². The molecule has 0 aliphatic carbocycles. The fraction of sp³-hybridized carbons (Fsp3) is 0.267. The Morgan fingerprint density at radius 1 is 1.17 bits per heavy atom. The van der Waals surface area contributed by atoms with Gasteiger partial charge >= 0.3 is 6.09 Å². The summed E-state index contributed by atoms with van der Waals surface area (Å²) in [6.45, 7) is 2.60. The van der Waals surface area contributed by atoms with E-state index in [2.05, 4.69) is 43.3 Å². The molecule has 0 fully saturated rings. The van der Waals surface area contributed by atoms with E-state index in [-0.39, 0.29) is 0 Å². The average Bonchev–Trinajstić information content (AvgIpc) is 2.35. The van der Waals surface area contributed by atoms with Gasteiger partial charge in [0, 0.05) is 13.6 Å². The van der Waals surface area contributed by atoms with E-state index in [1.165, 1.54) is 26.8 Å². The van der Waals surface area contributed by atoms with Crippen LogP contribution in [0.3, 0.4) is 0 Å². The molecule has 0 aliphatic heterocycles. The lowest BCUT2D eigenvalue weighted by molar-refractivity contribution is 0.156. The van der Waals surface area contributed by atoms with E-state index in [0.717, 1.165) is 6.42 Å². The van der Waals surface area contributed by atoms with Gasteiger partial charge in [0.05, 0.1) is 0 Å². The smallest absolute Gasteiger partial charge is 0.407 e. The Hall–Kier alpha value is -2.03. The first-order valence-electron chi connectivity index (χ1n) is 5.99. The van der Waals surface area contributed by atoms with Crippen molar-refractivity contribution in [3.8, 4) is 0 Å². The maximum absolute atomic E-state index is 10.7. The molecule has 3 nitrogen and oxygen atoms in total. The number of hydrogen-bond acceptors (Lipinski definition) is 1. The highest BCUT2D eigenvalue weighted by Crippen LogP contribution is 2.18. The van der Waals surface area contributed by atoms with Gasteiger partial charge in [0.2, 0.25) is 0 Å². The number of hydrogen-bond donors (Lipinski definition) is 1. The third-order valence-corrected chi connectivity index (χ3v) is 3.12. The molecule has 3 heteroatoms. The number of carbonyl (C=O) groups is 1. The van der Waals surface area contributed by atoms with Gasteiger partial charge in [-0.05, 0) is 29.7 Å². The molecule has 0 aliphatic rings. The highest BCUT2D eigenvalue weighted by molar-refractivity contribution is 5.83. The molecule has 0 aromatic heterocycles. The van der Waals surface area contributed by atoms with Crippen molar-refractivity contribution in [1.29, 1.82) is 0 Å². The summed E-state index contributed by atoms with van der Waals surface area (Å²) in [6.07, 6.45) is -0.140. The predicted octanol–water partition coefficient (Wildman–Crippen LogP) is 3.30. The van der Waals surface area contributed by atoms with E-state index in [9.17, 15) is 4.79 Å². The van der Waals surface area contributed by atoms with Crippen LogP contribution in [0, 0.1) is 6.92 Å². The molecule has 0 saturated carbocycles. The number of nitrogens with zero attached hydrogens (tertiary/aromatic N) is 1. The first-order chi connectivity index (χ1) is 8.56. The number of amides is 1. The second kappa shape index (κ2) is 5.08. The SMILES string of the molecule is Cc1ccc2cc(CCN(C)C(=O)O)ccc2c1. The van der Waals surface area contributed by atoms with Crippen molar-refractivity contribution >= 4 is 16.9 Å². The van der Waals surface area contributed by atoms with E-state index in [4.69, 9.17) is 5.11 Å². The molecule has 2 aromatic carbocycles. The zero-order chi connectivity index (χ0) is 13.1. The molecule has 0 bridgehead atoms. The lowest BCUT2D eigenvalue weighted by Crippen LogP contribution is -2.26. The summed E-state index contributed by atoms with van der Waals surface area (Å²) in [5.41, 5.74) is 2.42. The highest BCUT2D eigenvalue weighted by Gasteiger charge is 2.05. The molecule has 0 radical (unpaired) electrons. The van der Waals surface area contributed by atoms with E-state index < -0.39 is 6.09 Å². The maximum Gasteiger partial charge on any atom is 0.407 e. The van der Waals surface area contributed by atoms with Crippen LogP contribution in [0.5, 0.6) is 0 Å². The van der Waals surface area contributed by atoms with Gasteiger partial charge in [0.1, 0.15) is 0 Å². The minimum Gasteiger partial charge on any atom is -0.465 e. The summed E-state index contributed by atoms with van der Waals surface area (Å²) in [7, 11) is 1.59. The van der Waals surface area contributed by atoms with Crippen LogP contribution in [0.25, 0.3) is 10.8 Å². The number of fused-ring (bicyclic) bond motifs is 1. The van der Waals surface area contributed by atoms with Crippen molar-refractivity contribution in [3.63, 3.8) is 0 Å². The molecule has 2 aromatic rings. The molecular weight excluding hydrogens is 226 g/mol. The maximum atomic E-state index is 10.7. The van der Waals surface area contributed by atoms with Crippen LogP contribution in [0.1, 0.15) is 11.1 Å². The monoisotopic (exact) mass is 243 g/mol. The van der Waals surface area contributed by atoms with Crippen LogP contribution >= 0.6 is 0 Å². The second-order valence-corrected chi connectivity index (χ2v) is 4.64. The lowest BCUT2D eigenvalue weighted by atomic mass is 10.0. The average molecular weight is 243 g/mol. The van der Waals surface area contributed by atoms with E-state index in [1.807, 2.05) is 0 Å². The summed E-state index contributed by atoms with van der Waals surface area (Å²) in [5, 5.41) is 11.2. The molecule has 0 atom stereocenters. The molecule has 0 spiro atoms. The van der Waals surface area contributed by atoms with Gasteiger partial charge in [-0.15, -0.1) is 0 Å². The Morgan fingerprint density at radius 2 is 1.83 bits per heavy atom. The van der Waals surface area contributed by atoms with Crippen LogP contribution in [0.4, 0.5) is 4.79 Å². The first kappa shape index (κ1) is 12.4. The quantitative estimate of drug-likeness (QED) is 0.898. The zero-order valence-electron chi connectivity index (χ0n) is 10.7. The summed E-state index contributed by atoms with van der Waals surface area (Å²) < 4.78 is 0. The third kappa shape index (κ3) is 2.80. The molecular formula is C15H17NO2. The topological polar surface area (TPSA) is 40.5 Å². The van der Waals surface area contributed by atoms with E-state index in [0.29, 0.717) is 6.54 Å². The minimum absolute atomic E-state index is 0.521. The van der Waals surface area contributed by atoms with Gasteiger partial charge in [-0.25, -0.2) is 4.79 Å². The van der Waals surface area contributed by atoms with Gasteiger partial charge in [-0.1, -0.05) is 42.0 Å². The minimum atomic E-state index is -0.883. The Kier molecular flexibility index (Phi) is 3.51. The number of likely N-dealkylation sites (N-methyl/N-ethyl adjacent to an activating group) is 1. The molecule has 0 saturated heterocycles. The molecule has 0 unspecified atom stereocenters. The third-order valence-electron chi connectivity index (χ3n) is 3.12. The number of benzene rings is 2. The summed E-state index contributed by atoms with van der Waals surface area (Å²) in [4.78, 5) is 12.0. The van der Waals surface area contributed by atoms with Crippen molar-refractivity contribution in [1.82, 2.24) is 4.90 Å². The summed E-state index contributed by atoms with van der Waals surface area (Å²) >= 11 is 0. The van der Waals surface area contributed by atoms with Crippen LogP contribution in [0.2, 0.25) is 0 Å². The largest absolute Gasteiger partial charge is 0.465 e. The normalized spacial score (nSPS) is 10.6. The number of rotatable bonds is 3. The highest BCUT2D eigenvalue weighted by atomic mass is 16.4. The standard InChI is InChI=1S/C15H17NO2/c1-11-3-5-14-10-12(4-6-13(14)9-11)7-8-16(2)15(17)18/h3-6,9-10H,7-8H2,1-2H3,(H,17,18). The first-order valence-corrected chi connectivity index (χ1v) is 5.99. The molecule has 0 heterocycles. The van der Waals surface area contributed by atoms with Crippen molar-refractivity contribution < 1.29 is 9.90 Å². The van der Waals surface area contributed by atoms with Gasteiger partial charge in [-0.2, -0.15) is 0 Å². The van der Waals surface area contributed by atoms with Gasteiger partial charge in [0.15, 0.2) is 0 Å². The predicted molar refractivity (Wildman–Crippen MR) is 73.0 cm³/mol. The summed E-state index contributed by atoms with van der Waals surface area (Å²) in [5.74, 6) is 0. The number of aryl methyl sites for hydroxylation is 1. The van der Waals surface area contributed by atoms with Crippen LogP contribution in [-0.4, -0.2) is 29.7 Å². The molecule has 1 amide bonds. The van der Waals surface area contributed by atoms with Gasteiger partial charge in [0.25, 0.3) is 0 Å². The van der Waals surface area contributed by atoms with Crippen molar-refractivity contribution in [2.24, 2.45) is 0 Å². The lowest BCUT2D eigenvalue weighted by Gasteiger charge is -2.12. The molecule has 94 valence electrons. The molecule has 18 heavy (non-hydrogen) atoms. The summed E-state index contributed by atoms with van der Waals surface area (Å²) in [6, 6.07) is 12.6. The van der Waals surface area contributed by atoms with E-state index >= 15 is 0 Å². The van der Waals surface area contributed by atoms with Gasteiger partial charge in [-0.3, -0.25) is 0 Å². The Bertz CT molecular complexity index is 578. The molecule has 2 rings (SSSR count). The Morgan fingerprint density at radius 3 is 2.56 bits per heavy atom. The van der Waals surface area contributed by atoms with Crippen molar-refractivity contribution in [2.45, 2.75) is 13.3 Å². The Labute approximate surface area is 107 Å². The van der Waals surface area contributed by atoms with Crippen LogP contribution < -0.4 is 0 Å². The van der Waals surface area contributed by atoms with Gasteiger partial charge < -0.3 is 10.0 Å². The second-order valence-electron chi connectivity index (χ2n) is 4.64. The van der Waals surface area contributed by atoms with Crippen LogP contribution in [-0.2, 0) is 6.42 Å².